The lowest BCUT2D eigenvalue weighted by atomic mass is 9.96. The Bertz CT molecular complexity index is 110. The second-order valence-corrected chi connectivity index (χ2v) is 2.88. The minimum atomic E-state index is -2.27. The molecule has 1 fully saturated rings. The van der Waals surface area contributed by atoms with E-state index in [2.05, 4.69) is 5.32 Å². The molecule has 4 heteroatoms. The Morgan fingerprint density at radius 2 is 2.30 bits per heavy atom. The second-order valence-electron chi connectivity index (χ2n) is 2.88. The lowest BCUT2D eigenvalue weighted by molar-refractivity contribution is 0.109. The normalized spacial score (nSPS) is 33.6. The quantitative estimate of drug-likeness (QED) is 0.595. The van der Waals surface area contributed by atoms with E-state index in [1.54, 1.807) is 0 Å². The minimum Gasteiger partial charge on any atom is -0.324 e. The predicted octanol–water partition coefficient (Wildman–Crippen LogP) is 0.332. The molecule has 0 radical (unpaired) electrons. The third-order valence-electron chi connectivity index (χ3n) is 1.84. The van der Waals surface area contributed by atoms with Gasteiger partial charge in [0.25, 0.3) is 0 Å². The van der Waals surface area contributed by atoms with Crippen molar-refractivity contribution in [2.75, 3.05) is 13.1 Å². The lowest BCUT2D eigenvalue weighted by Gasteiger charge is -2.21. The number of hydrogen-bond donors (Lipinski definition) is 2. The molecule has 0 aromatic heterocycles. The van der Waals surface area contributed by atoms with Gasteiger partial charge in [0.2, 0.25) is 6.43 Å². The third-order valence-corrected chi connectivity index (χ3v) is 1.84. The summed E-state index contributed by atoms with van der Waals surface area (Å²) in [5.41, 5.74) is 4.97. The molecule has 1 unspecified atom stereocenters. The highest BCUT2D eigenvalue weighted by Crippen LogP contribution is 2.19. The molecule has 60 valence electrons. The molecule has 2 nitrogen and oxygen atoms in total. The summed E-state index contributed by atoms with van der Waals surface area (Å²) < 4.78 is 23.6. The fraction of sp³-hybridized carbons (Fsp3) is 1.00. The van der Waals surface area contributed by atoms with Crippen LogP contribution in [0, 0.1) is 0 Å². The standard InChI is InChI=1S/C6H12F2N2/c7-5(8)3-6(9)1-2-10-4-6/h5,10H,1-4,9H2. The summed E-state index contributed by atoms with van der Waals surface area (Å²) in [6, 6.07) is 0. The van der Waals surface area contributed by atoms with Crippen molar-refractivity contribution in [2.45, 2.75) is 24.8 Å². The Morgan fingerprint density at radius 3 is 2.70 bits per heavy atom. The van der Waals surface area contributed by atoms with Crippen LogP contribution in [0.15, 0.2) is 0 Å². The maximum absolute atomic E-state index is 11.8. The Morgan fingerprint density at radius 1 is 1.60 bits per heavy atom. The molecule has 0 bridgehead atoms. The van der Waals surface area contributed by atoms with Crippen molar-refractivity contribution in [1.82, 2.24) is 5.32 Å². The zero-order valence-electron chi connectivity index (χ0n) is 5.74. The zero-order chi connectivity index (χ0) is 7.61. The summed E-state index contributed by atoms with van der Waals surface area (Å²) in [6.07, 6.45) is -1.79. The molecule has 0 aromatic carbocycles. The Labute approximate surface area is 58.8 Å². The first kappa shape index (κ1) is 7.88. The van der Waals surface area contributed by atoms with Gasteiger partial charge in [0.15, 0.2) is 0 Å². The molecule has 1 aliphatic heterocycles. The van der Waals surface area contributed by atoms with E-state index in [4.69, 9.17) is 5.73 Å². The van der Waals surface area contributed by atoms with Crippen molar-refractivity contribution in [1.29, 1.82) is 0 Å². The predicted molar refractivity (Wildman–Crippen MR) is 35.0 cm³/mol. The van der Waals surface area contributed by atoms with Crippen molar-refractivity contribution in [3.05, 3.63) is 0 Å². The fourth-order valence-corrected chi connectivity index (χ4v) is 1.24. The molecule has 1 rings (SSSR count). The van der Waals surface area contributed by atoms with Crippen LogP contribution >= 0.6 is 0 Å². The summed E-state index contributed by atoms with van der Waals surface area (Å²) in [6.45, 7) is 1.29. The van der Waals surface area contributed by atoms with Gasteiger partial charge in [-0.2, -0.15) is 0 Å². The van der Waals surface area contributed by atoms with Gasteiger partial charge in [0, 0.05) is 18.5 Å². The van der Waals surface area contributed by atoms with Gasteiger partial charge in [-0.25, -0.2) is 8.78 Å². The summed E-state index contributed by atoms with van der Waals surface area (Å²) in [5.74, 6) is 0. The summed E-state index contributed by atoms with van der Waals surface area (Å²) in [7, 11) is 0. The summed E-state index contributed by atoms with van der Waals surface area (Å²) in [5, 5.41) is 2.96. The van der Waals surface area contributed by atoms with Crippen LogP contribution in [-0.4, -0.2) is 25.1 Å². The number of nitrogens with two attached hydrogens (primary N) is 1. The largest absolute Gasteiger partial charge is 0.324 e. The second kappa shape index (κ2) is 2.80. The van der Waals surface area contributed by atoms with Crippen LogP contribution in [0.1, 0.15) is 12.8 Å². The van der Waals surface area contributed by atoms with Crippen LogP contribution in [0.4, 0.5) is 8.78 Å². The fourth-order valence-electron chi connectivity index (χ4n) is 1.24. The zero-order valence-corrected chi connectivity index (χ0v) is 5.74. The van der Waals surface area contributed by atoms with Crippen LogP contribution in [0.25, 0.3) is 0 Å². The van der Waals surface area contributed by atoms with E-state index >= 15 is 0 Å². The minimum absolute atomic E-state index is 0.181. The molecule has 0 saturated carbocycles. The molecule has 1 aliphatic rings. The van der Waals surface area contributed by atoms with Crippen molar-refractivity contribution in [3.8, 4) is 0 Å². The first-order valence-electron chi connectivity index (χ1n) is 3.40. The number of hydrogen-bond acceptors (Lipinski definition) is 2. The van der Waals surface area contributed by atoms with Crippen LogP contribution < -0.4 is 11.1 Å². The van der Waals surface area contributed by atoms with Crippen LogP contribution in [0.3, 0.4) is 0 Å². The maximum Gasteiger partial charge on any atom is 0.240 e. The summed E-state index contributed by atoms with van der Waals surface area (Å²) in [4.78, 5) is 0. The average molecular weight is 150 g/mol. The molecule has 0 amide bonds. The van der Waals surface area contributed by atoms with Crippen molar-refractivity contribution in [2.24, 2.45) is 5.73 Å². The van der Waals surface area contributed by atoms with Crippen molar-refractivity contribution in [3.63, 3.8) is 0 Å². The van der Waals surface area contributed by atoms with Gasteiger partial charge in [0.05, 0.1) is 0 Å². The van der Waals surface area contributed by atoms with Crippen LogP contribution in [-0.2, 0) is 0 Å². The SMILES string of the molecule is NC1(CC(F)F)CCNC1. The smallest absolute Gasteiger partial charge is 0.240 e. The molecule has 0 aliphatic carbocycles. The van der Waals surface area contributed by atoms with Gasteiger partial charge in [-0.15, -0.1) is 0 Å². The van der Waals surface area contributed by atoms with E-state index in [0.717, 1.165) is 6.54 Å². The number of rotatable bonds is 2. The van der Waals surface area contributed by atoms with E-state index in [0.29, 0.717) is 13.0 Å². The Kier molecular flexibility index (Phi) is 2.21. The Hall–Kier alpha value is -0.220. The monoisotopic (exact) mass is 150 g/mol. The highest BCUT2D eigenvalue weighted by atomic mass is 19.3. The molecule has 3 N–H and O–H groups in total. The summed E-state index contributed by atoms with van der Waals surface area (Å²) >= 11 is 0. The van der Waals surface area contributed by atoms with Crippen LogP contribution in [0.5, 0.6) is 0 Å². The van der Waals surface area contributed by atoms with Crippen LogP contribution in [0.2, 0.25) is 0 Å². The third kappa shape index (κ3) is 1.88. The van der Waals surface area contributed by atoms with Gasteiger partial charge < -0.3 is 11.1 Å². The molecule has 1 saturated heterocycles. The highest BCUT2D eigenvalue weighted by Gasteiger charge is 2.31. The molecule has 0 spiro atoms. The van der Waals surface area contributed by atoms with Crippen molar-refractivity contribution >= 4 is 0 Å². The lowest BCUT2D eigenvalue weighted by Crippen LogP contribution is -2.43. The van der Waals surface area contributed by atoms with Gasteiger partial charge >= 0.3 is 0 Å². The highest BCUT2D eigenvalue weighted by molar-refractivity contribution is 4.92. The molecule has 0 aromatic rings. The molecule has 1 heterocycles. The number of nitrogens with one attached hydrogen (secondary N) is 1. The maximum atomic E-state index is 11.8. The first-order chi connectivity index (χ1) is 4.62. The van der Waals surface area contributed by atoms with Crippen molar-refractivity contribution < 1.29 is 8.78 Å². The topological polar surface area (TPSA) is 38.0 Å². The van der Waals surface area contributed by atoms with E-state index in [9.17, 15) is 8.78 Å². The Balaban J connectivity index is 2.36. The van der Waals surface area contributed by atoms with Gasteiger partial charge in [0.1, 0.15) is 0 Å². The van der Waals surface area contributed by atoms with E-state index in [1.165, 1.54) is 0 Å². The number of halogens is 2. The van der Waals surface area contributed by atoms with E-state index in [1.807, 2.05) is 0 Å². The van der Waals surface area contributed by atoms with E-state index in [-0.39, 0.29) is 6.42 Å². The van der Waals surface area contributed by atoms with Gasteiger partial charge in [-0.1, -0.05) is 0 Å². The number of alkyl halides is 2. The molecular weight excluding hydrogens is 138 g/mol. The molecular formula is C6H12F2N2. The first-order valence-corrected chi connectivity index (χ1v) is 3.40. The average Bonchev–Trinajstić information content (AvgIpc) is 2.12. The van der Waals surface area contributed by atoms with Gasteiger partial charge in [-0.05, 0) is 13.0 Å². The van der Waals surface area contributed by atoms with E-state index < -0.39 is 12.0 Å². The molecule has 10 heavy (non-hydrogen) atoms. The molecule has 1 atom stereocenters. The van der Waals surface area contributed by atoms with Gasteiger partial charge in [-0.3, -0.25) is 0 Å².